The molecule has 0 radical (unpaired) electrons. The number of nitrogens with zero attached hydrogens (tertiary/aromatic N) is 1. The predicted octanol–water partition coefficient (Wildman–Crippen LogP) is 14.5. The van der Waals surface area contributed by atoms with Crippen molar-refractivity contribution in [2.75, 3.05) is 21.1 Å². The summed E-state index contributed by atoms with van der Waals surface area (Å²) >= 11 is 0. The van der Waals surface area contributed by atoms with Crippen LogP contribution < -0.4 is 10.9 Å². The third-order valence-corrected chi connectivity index (χ3v) is 19.2. The molecular weight excluding hydrogens is 1420 g/mol. The molecule has 7 aromatic carbocycles. The zero-order valence-electron chi connectivity index (χ0n) is 50.7. The molecule has 2 unspecified atom stereocenters. The van der Waals surface area contributed by atoms with E-state index < -0.39 is 94.0 Å². The Morgan fingerprint density at radius 2 is 0.649 bits per heavy atom. The number of hydrogen-bond acceptors (Lipinski definition) is 15. The van der Waals surface area contributed by atoms with Crippen molar-refractivity contribution in [3.05, 3.63) is 238 Å². The number of carbonyl (C=O) groups is 2. The fourth-order valence-electron chi connectivity index (χ4n) is 7.94. The Balaban J connectivity index is 0.000000254. The Morgan fingerprint density at radius 3 is 0.856 bits per heavy atom. The average molecular weight is 1470 g/mol. The second-order valence-electron chi connectivity index (χ2n) is 21.0. The molecule has 0 amide bonds. The quantitative estimate of drug-likeness (QED) is 0.0161. The van der Waals surface area contributed by atoms with E-state index in [1.165, 1.54) is 15.4 Å². The lowest BCUT2D eigenvalue weighted by molar-refractivity contribution is -0.884. The van der Waals surface area contributed by atoms with Crippen molar-refractivity contribution in [1.29, 1.82) is 0 Å². The molecule has 97 heavy (non-hydrogen) atoms. The third kappa shape index (κ3) is 21.8. The Kier molecular flexibility index (Phi) is 26.9. The number of ether oxygens (including phenoxy) is 2. The molecule has 0 spiro atoms. The van der Waals surface area contributed by atoms with Gasteiger partial charge < -0.3 is 27.6 Å². The summed E-state index contributed by atoms with van der Waals surface area (Å²) in [6, 6.07) is 63.4. The van der Waals surface area contributed by atoms with Gasteiger partial charge in [-0.3, -0.25) is 9.59 Å². The highest BCUT2D eigenvalue weighted by atomic mass is 32.2. The fraction of sp³-hybridized carbons (Fsp3) is 0.206. The first kappa shape index (κ1) is 81.0. The van der Waals surface area contributed by atoms with Crippen molar-refractivity contribution in [1.82, 2.24) is 0 Å². The fourth-order valence-corrected chi connectivity index (χ4v) is 13.6. The molecular formula is C63H54F13NO15S5. The number of halogens is 13. The van der Waals surface area contributed by atoms with Crippen LogP contribution in [-0.2, 0) is 56.0 Å². The number of fused-ring (bicyclic) bond motifs is 4. The molecule has 9 rings (SSSR count). The molecule has 16 nitrogen and oxygen atoms in total. The zero-order valence-corrected chi connectivity index (χ0v) is 54.8. The van der Waals surface area contributed by atoms with E-state index in [-0.39, 0.29) is 31.8 Å². The Hall–Kier alpha value is -8.48. The summed E-state index contributed by atoms with van der Waals surface area (Å²) in [5.41, 5.74) is -5.32. The van der Waals surface area contributed by atoms with Crippen molar-refractivity contribution >= 4 is 104 Å². The summed E-state index contributed by atoms with van der Waals surface area (Å²) in [5, 5.41) is -8.33. The predicted molar refractivity (Wildman–Crippen MR) is 338 cm³/mol. The van der Waals surface area contributed by atoms with Gasteiger partial charge in [0.05, 0.1) is 42.7 Å². The first-order valence-electron chi connectivity index (χ1n) is 26.9. The van der Waals surface area contributed by atoms with Crippen LogP contribution in [0.4, 0.5) is 57.1 Å². The number of esters is 2. The smallest absolute Gasteiger partial charge is 0.485 e. The van der Waals surface area contributed by atoms with Crippen LogP contribution in [-0.4, -0.2) is 117 Å². The van der Waals surface area contributed by atoms with Gasteiger partial charge in [-0.05, 0) is 86.6 Å². The lowest BCUT2D eigenvalue weighted by atomic mass is 10.2. The van der Waals surface area contributed by atoms with Gasteiger partial charge in [-0.2, -0.15) is 57.1 Å². The highest BCUT2D eigenvalue weighted by molar-refractivity contribution is 7.87. The lowest BCUT2D eigenvalue weighted by Crippen LogP contribution is -2.52. The minimum Gasteiger partial charge on any atom is -0.743 e. The largest absolute Gasteiger partial charge is 0.743 e. The van der Waals surface area contributed by atoms with E-state index in [4.69, 9.17) is 13.0 Å². The van der Waals surface area contributed by atoms with Gasteiger partial charge >= 0.3 is 40.3 Å². The lowest BCUT2D eigenvalue weighted by Gasteiger charge is -2.29. The number of alkyl halides is 13. The Bertz CT molecular complexity index is 4390. The van der Waals surface area contributed by atoms with Crippen LogP contribution in [0.15, 0.2) is 222 Å². The third-order valence-electron chi connectivity index (χ3n) is 12.2. The molecule has 0 saturated carbocycles. The van der Waals surface area contributed by atoms with Crippen molar-refractivity contribution in [2.24, 2.45) is 0 Å². The van der Waals surface area contributed by atoms with E-state index in [0.29, 0.717) is 0 Å². The van der Waals surface area contributed by atoms with Crippen molar-refractivity contribution in [3.63, 3.8) is 0 Å². The molecule has 0 bridgehead atoms. The van der Waals surface area contributed by atoms with E-state index in [0.717, 1.165) is 65.2 Å². The molecule has 0 fully saturated rings. The van der Waals surface area contributed by atoms with E-state index in [1.807, 2.05) is 84.9 Å². The summed E-state index contributed by atoms with van der Waals surface area (Å²) < 4.78 is 256. The topological polar surface area (TPSA) is 258 Å². The number of quaternary nitrogens is 1. The maximum Gasteiger partial charge on any atom is 0.485 e. The second kappa shape index (κ2) is 32.3. The van der Waals surface area contributed by atoms with Gasteiger partial charge in [-0.25, -0.2) is 34.8 Å². The molecule has 0 aliphatic carbocycles. The van der Waals surface area contributed by atoms with Gasteiger partial charge in [0.25, 0.3) is 12.2 Å². The highest BCUT2D eigenvalue weighted by Crippen LogP contribution is 2.45. The summed E-state index contributed by atoms with van der Waals surface area (Å²) in [5.74, 6) is -3.80. The second-order valence-corrected chi connectivity index (χ2v) is 29.2. The molecule has 0 aliphatic heterocycles. The first-order chi connectivity index (χ1) is 44.5. The summed E-state index contributed by atoms with van der Waals surface area (Å²) in [7, 11) is -13.2. The standard InChI is InChI=1S/2C19H13OS.C10H16N.2C7H7F5O5S.CHF3O3S/c2*20-19-15-10-4-6-12-17(15)21(14-8-2-1-3-9-14)18-13-7-5-11-16(18)19;1-11(2,3)9-10-7-5-4-6-8-10;2*1-3(2)4(13)17-5(6(8,9)10)7(11,12)18(14,15)16;2-1(3,4)8(5,6)7/h2*1-13H;4-8H,9H2,1-3H3;2*5H,1H2,2H3,(H,14,15,16);(H,5,6,7)/q3*+1;;;/p-3. The maximum absolute atomic E-state index is 12.8. The van der Waals surface area contributed by atoms with Gasteiger partial charge in [0.1, 0.15) is 6.54 Å². The van der Waals surface area contributed by atoms with E-state index in [9.17, 15) is 102 Å². The molecule has 9 aromatic rings. The van der Waals surface area contributed by atoms with Gasteiger partial charge in [-0.1, -0.05) is 128 Å². The highest BCUT2D eigenvalue weighted by Gasteiger charge is 2.64. The van der Waals surface area contributed by atoms with Crippen molar-refractivity contribution in [3.8, 4) is 9.79 Å². The Labute approximate surface area is 550 Å². The molecule has 522 valence electrons. The van der Waals surface area contributed by atoms with Crippen LogP contribution in [0, 0.1) is 0 Å². The molecule has 0 saturated heterocycles. The molecule has 34 heteroatoms. The summed E-state index contributed by atoms with van der Waals surface area (Å²) in [4.78, 5) is 49.3. The number of hydrogen-bond donors (Lipinski definition) is 0. The minimum atomic E-state index is -6.67. The molecule has 0 N–H and O–H groups in total. The van der Waals surface area contributed by atoms with Crippen molar-refractivity contribution in [2.45, 2.75) is 61.0 Å². The molecule has 0 aliphatic rings. The van der Waals surface area contributed by atoms with Gasteiger partial charge in [-0.15, -0.1) is 0 Å². The first-order valence-corrected chi connectivity index (χ1v) is 33.6. The molecule has 2 atom stereocenters. The Morgan fingerprint density at radius 1 is 0.423 bits per heavy atom. The van der Waals surface area contributed by atoms with Crippen molar-refractivity contribution < 1.29 is 120 Å². The average Bonchev–Trinajstić information content (AvgIpc) is 0.758. The van der Waals surface area contributed by atoms with E-state index >= 15 is 0 Å². The van der Waals surface area contributed by atoms with Gasteiger partial charge in [0.2, 0.25) is 10.9 Å². The van der Waals surface area contributed by atoms with Crippen LogP contribution in [0.25, 0.3) is 50.1 Å². The summed E-state index contributed by atoms with van der Waals surface area (Å²) in [6.45, 7) is 8.43. The molecule has 2 aromatic heterocycles. The van der Waals surface area contributed by atoms with E-state index in [1.54, 1.807) is 0 Å². The van der Waals surface area contributed by atoms with Crippen LogP contribution >= 0.6 is 20.9 Å². The number of rotatable bonds is 12. The van der Waals surface area contributed by atoms with Crippen LogP contribution in [0.5, 0.6) is 0 Å². The zero-order chi connectivity index (χ0) is 73.7. The maximum atomic E-state index is 12.8. The SMILES string of the molecule is C=C(C)C(=O)OC(C(F)(F)F)C(F)(F)S(=O)(=O)[O-].C=C(C)C(=O)OC(C(F)(F)F)C(F)(F)S(=O)(=O)[O-].C[N+](C)(C)Cc1ccccc1.O=S(=O)([O-])C(F)(F)F.O=c1c2ccccc2[s+](-c2ccccc2)c2ccccc12.O=c1c2ccccc2[s+](-c2ccccc2)c2ccccc12. The van der Waals surface area contributed by atoms with Crippen LogP contribution in [0.1, 0.15) is 19.4 Å². The van der Waals surface area contributed by atoms with Gasteiger partial charge in [0, 0.05) is 37.6 Å². The van der Waals surface area contributed by atoms with Gasteiger partial charge in [0.15, 0.2) is 58.9 Å². The summed E-state index contributed by atoms with van der Waals surface area (Å²) in [6.07, 6.45) is -20.7. The molecule has 2 heterocycles. The number of benzene rings is 7. The number of carbonyl (C=O) groups excluding carboxylic acids is 2. The monoisotopic (exact) mass is 1470 g/mol. The minimum absolute atomic E-state index is 0.140. The normalized spacial score (nSPS) is 12.8. The van der Waals surface area contributed by atoms with E-state index in [2.05, 4.69) is 147 Å². The van der Waals surface area contributed by atoms with Crippen LogP contribution in [0.3, 0.4) is 0 Å². The van der Waals surface area contributed by atoms with Crippen LogP contribution in [0.2, 0.25) is 0 Å².